The van der Waals surface area contributed by atoms with Crippen molar-refractivity contribution in [1.82, 2.24) is 10.6 Å². The Morgan fingerprint density at radius 1 is 1.04 bits per heavy atom. The Bertz CT molecular complexity index is 725. The van der Waals surface area contributed by atoms with Crippen molar-refractivity contribution in [3.8, 4) is 0 Å². The maximum absolute atomic E-state index is 13.4. The largest absolute Gasteiger partial charge is 0.381 e. The third-order valence-electron chi connectivity index (χ3n) is 5.11. The van der Waals surface area contributed by atoms with Gasteiger partial charge in [-0.3, -0.25) is 0 Å². The molecule has 27 heavy (non-hydrogen) atoms. The second kappa shape index (κ2) is 9.51. The number of nitrogens with zero attached hydrogens (tertiary/aromatic N) is 1. The lowest BCUT2D eigenvalue weighted by molar-refractivity contribution is 0.0513. The summed E-state index contributed by atoms with van der Waals surface area (Å²) in [7, 11) is 0. The van der Waals surface area contributed by atoms with Crippen LogP contribution in [0.4, 0.5) is 4.39 Å². The summed E-state index contributed by atoms with van der Waals surface area (Å²) in [6.45, 7) is 5.66. The zero-order valence-electron chi connectivity index (χ0n) is 15.9. The van der Waals surface area contributed by atoms with Crippen LogP contribution in [0.25, 0.3) is 0 Å². The van der Waals surface area contributed by atoms with Gasteiger partial charge in [0.25, 0.3) is 0 Å². The average molecular weight is 369 g/mol. The van der Waals surface area contributed by atoms with E-state index in [4.69, 9.17) is 9.73 Å². The van der Waals surface area contributed by atoms with E-state index in [1.807, 2.05) is 30.3 Å². The van der Waals surface area contributed by atoms with Crippen molar-refractivity contribution >= 4 is 5.96 Å². The van der Waals surface area contributed by atoms with Crippen molar-refractivity contribution in [2.75, 3.05) is 26.3 Å². The number of hydrogen-bond donors (Lipinski definition) is 2. The molecule has 0 bridgehead atoms. The Morgan fingerprint density at radius 3 is 2.41 bits per heavy atom. The molecule has 2 aromatic rings. The van der Waals surface area contributed by atoms with Crippen molar-refractivity contribution < 1.29 is 9.13 Å². The highest BCUT2D eigenvalue weighted by Gasteiger charge is 2.34. The van der Waals surface area contributed by atoms with Gasteiger partial charge in [0.05, 0.1) is 6.54 Å². The average Bonchev–Trinajstić information content (AvgIpc) is 2.72. The first-order chi connectivity index (χ1) is 13.2. The number of ether oxygens (including phenoxy) is 1. The van der Waals surface area contributed by atoms with Crippen LogP contribution >= 0.6 is 0 Å². The van der Waals surface area contributed by atoms with E-state index in [0.29, 0.717) is 6.54 Å². The van der Waals surface area contributed by atoms with Gasteiger partial charge in [-0.05, 0) is 43.0 Å². The van der Waals surface area contributed by atoms with Crippen LogP contribution in [0, 0.1) is 5.82 Å². The minimum Gasteiger partial charge on any atom is -0.381 e. The molecule has 4 nitrogen and oxygen atoms in total. The van der Waals surface area contributed by atoms with E-state index < -0.39 is 0 Å². The summed E-state index contributed by atoms with van der Waals surface area (Å²) in [6.07, 6.45) is 1.81. The van der Waals surface area contributed by atoms with Crippen LogP contribution in [0.3, 0.4) is 0 Å². The highest BCUT2D eigenvalue weighted by molar-refractivity contribution is 5.79. The fraction of sp³-hybridized carbons (Fsp3) is 0.409. The monoisotopic (exact) mass is 369 g/mol. The Hall–Kier alpha value is -2.40. The quantitative estimate of drug-likeness (QED) is 0.604. The van der Waals surface area contributed by atoms with Crippen LogP contribution in [0.1, 0.15) is 30.9 Å². The summed E-state index contributed by atoms with van der Waals surface area (Å²) < 4.78 is 19.0. The van der Waals surface area contributed by atoms with E-state index in [1.54, 1.807) is 12.1 Å². The summed E-state index contributed by atoms with van der Waals surface area (Å²) >= 11 is 0. The van der Waals surface area contributed by atoms with Crippen molar-refractivity contribution in [2.45, 2.75) is 31.7 Å². The van der Waals surface area contributed by atoms with Crippen molar-refractivity contribution in [1.29, 1.82) is 0 Å². The molecule has 3 rings (SSSR count). The number of hydrogen-bond acceptors (Lipinski definition) is 2. The van der Waals surface area contributed by atoms with Crippen LogP contribution in [0.15, 0.2) is 59.6 Å². The van der Waals surface area contributed by atoms with Crippen LogP contribution in [-0.2, 0) is 16.7 Å². The zero-order chi connectivity index (χ0) is 19.0. The maximum atomic E-state index is 13.4. The molecule has 0 aromatic heterocycles. The van der Waals surface area contributed by atoms with Gasteiger partial charge in [-0.1, -0.05) is 42.5 Å². The number of benzene rings is 2. The molecule has 1 aliphatic heterocycles. The topological polar surface area (TPSA) is 45.7 Å². The number of guanidine groups is 1. The number of nitrogens with one attached hydrogen (secondary N) is 2. The van der Waals surface area contributed by atoms with E-state index in [9.17, 15) is 4.39 Å². The van der Waals surface area contributed by atoms with Crippen LogP contribution in [0.2, 0.25) is 0 Å². The van der Waals surface area contributed by atoms with Gasteiger partial charge in [0.1, 0.15) is 5.82 Å². The third-order valence-corrected chi connectivity index (χ3v) is 5.11. The van der Waals surface area contributed by atoms with Gasteiger partial charge in [0.2, 0.25) is 0 Å². The molecule has 1 fully saturated rings. The normalized spacial score (nSPS) is 16.7. The van der Waals surface area contributed by atoms with E-state index >= 15 is 0 Å². The van der Waals surface area contributed by atoms with Gasteiger partial charge in [0.15, 0.2) is 5.96 Å². The predicted octanol–water partition coefficient (Wildman–Crippen LogP) is 3.63. The molecule has 0 saturated carbocycles. The minimum atomic E-state index is -0.202. The predicted molar refractivity (Wildman–Crippen MR) is 107 cm³/mol. The molecule has 1 saturated heterocycles. The zero-order valence-corrected chi connectivity index (χ0v) is 15.9. The van der Waals surface area contributed by atoms with Crippen molar-refractivity contribution in [3.63, 3.8) is 0 Å². The van der Waals surface area contributed by atoms with Crippen LogP contribution < -0.4 is 10.6 Å². The molecule has 0 radical (unpaired) electrons. The summed E-state index contributed by atoms with van der Waals surface area (Å²) in [5.41, 5.74) is 2.25. The van der Waals surface area contributed by atoms with E-state index in [1.165, 1.54) is 5.56 Å². The first-order valence-corrected chi connectivity index (χ1v) is 9.62. The van der Waals surface area contributed by atoms with Crippen LogP contribution in [0.5, 0.6) is 0 Å². The lowest BCUT2D eigenvalue weighted by atomic mass is 9.74. The highest BCUT2D eigenvalue weighted by atomic mass is 19.1. The molecule has 2 N–H and O–H groups in total. The minimum absolute atomic E-state index is 0.0745. The van der Waals surface area contributed by atoms with E-state index in [2.05, 4.69) is 29.7 Å². The molecule has 1 aliphatic rings. The molecule has 0 aliphatic carbocycles. The molecule has 0 spiro atoms. The molecule has 144 valence electrons. The second-order valence-corrected chi connectivity index (χ2v) is 6.93. The van der Waals surface area contributed by atoms with Gasteiger partial charge < -0.3 is 15.4 Å². The third kappa shape index (κ3) is 5.30. The molecular weight excluding hydrogens is 341 g/mol. The SMILES string of the molecule is CCNC(=NCc1ccccc1)NCC1(c2ccc(F)cc2)CCOCC1. The fourth-order valence-corrected chi connectivity index (χ4v) is 3.48. The van der Waals surface area contributed by atoms with E-state index in [-0.39, 0.29) is 11.2 Å². The van der Waals surface area contributed by atoms with Crippen LogP contribution in [-0.4, -0.2) is 32.3 Å². The van der Waals surface area contributed by atoms with Gasteiger partial charge in [-0.15, -0.1) is 0 Å². The molecule has 0 unspecified atom stereocenters. The number of aliphatic imine (C=N–C) groups is 1. The fourth-order valence-electron chi connectivity index (χ4n) is 3.48. The Labute approximate surface area is 160 Å². The first kappa shape index (κ1) is 19.4. The molecule has 2 aromatic carbocycles. The molecule has 1 heterocycles. The summed E-state index contributed by atoms with van der Waals surface area (Å²) in [6, 6.07) is 17.1. The Balaban J connectivity index is 1.73. The summed E-state index contributed by atoms with van der Waals surface area (Å²) in [5.74, 6) is 0.598. The van der Waals surface area contributed by atoms with Gasteiger partial charge in [0, 0.05) is 31.7 Å². The summed E-state index contributed by atoms with van der Waals surface area (Å²) in [5, 5.41) is 6.82. The van der Waals surface area contributed by atoms with Gasteiger partial charge in [-0.2, -0.15) is 0 Å². The highest BCUT2D eigenvalue weighted by Crippen LogP contribution is 2.34. The van der Waals surface area contributed by atoms with E-state index in [0.717, 1.165) is 50.7 Å². The van der Waals surface area contributed by atoms with Crippen molar-refractivity contribution in [3.05, 3.63) is 71.5 Å². The molecule has 5 heteroatoms. The Kier molecular flexibility index (Phi) is 6.82. The molecule has 0 amide bonds. The van der Waals surface area contributed by atoms with Crippen molar-refractivity contribution in [2.24, 2.45) is 4.99 Å². The first-order valence-electron chi connectivity index (χ1n) is 9.62. The number of rotatable bonds is 6. The van der Waals surface area contributed by atoms with Gasteiger partial charge in [-0.25, -0.2) is 9.38 Å². The standard InChI is InChI=1S/C22H28FN3O/c1-2-24-21(25-16-18-6-4-3-5-7-18)26-17-22(12-14-27-15-13-22)19-8-10-20(23)11-9-19/h3-11H,2,12-17H2,1H3,(H2,24,25,26). The number of halogens is 1. The second-order valence-electron chi connectivity index (χ2n) is 6.93. The molecule has 0 atom stereocenters. The van der Waals surface area contributed by atoms with Gasteiger partial charge >= 0.3 is 0 Å². The lowest BCUT2D eigenvalue weighted by Crippen LogP contribution is -2.48. The maximum Gasteiger partial charge on any atom is 0.191 e. The Morgan fingerprint density at radius 2 is 1.74 bits per heavy atom. The lowest BCUT2D eigenvalue weighted by Gasteiger charge is -2.38. The summed E-state index contributed by atoms with van der Waals surface area (Å²) in [4.78, 5) is 4.71. The smallest absolute Gasteiger partial charge is 0.191 e. The molecular formula is C22H28FN3O.